The molecule has 0 atom stereocenters. The number of aliphatic hydroxyl groups is 1. The average Bonchev–Trinajstić information content (AvgIpc) is 2.51. The van der Waals surface area contributed by atoms with Gasteiger partial charge in [0.2, 0.25) is 0 Å². The summed E-state index contributed by atoms with van der Waals surface area (Å²) in [5.74, 6) is -0.853. The lowest BCUT2D eigenvalue weighted by Gasteiger charge is -2.36. The third-order valence-electron chi connectivity index (χ3n) is 2.93. The molecule has 0 radical (unpaired) electrons. The maximum Gasteiger partial charge on any atom is 0.331 e. The van der Waals surface area contributed by atoms with E-state index in [2.05, 4.69) is 10.3 Å². The van der Waals surface area contributed by atoms with Crippen molar-refractivity contribution in [3.05, 3.63) is 11.9 Å². The summed E-state index contributed by atoms with van der Waals surface area (Å²) in [4.78, 5) is 11.1. The van der Waals surface area contributed by atoms with Crippen molar-refractivity contribution in [2.45, 2.75) is 31.2 Å². The van der Waals surface area contributed by atoms with Gasteiger partial charge >= 0.3 is 5.97 Å². The molecule has 15 heavy (non-hydrogen) atoms. The summed E-state index contributed by atoms with van der Waals surface area (Å²) in [7, 11) is 0. The number of carbonyl (C=O) groups is 1. The molecule has 82 valence electrons. The molecule has 1 heterocycles. The maximum absolute atomic E-state index is 11.1. The molecule has 0 saturated heterocycles. The van der Waals surface area contributed by atoms with Crippen LogP contribution in [-0.4, -0.2) is 37.8 Å². The van der Waals surface area contributed by atoms with E-state index in [1.165, 1.54) is 4.68 Å². The molecule has 1 aromatic rings. The van der Waals surface area contributed by atoms with E-state index in [9.17, 15) is 4.79 Å². The first-order chi connectivity index (χ1) is 7.19. The quantitative estimate of drug-likeness (QED) is 0.718. The highest BCUT2D eigenvalue weighted by Crippen LogP contribution is 2.38. The molecule has 1 aliphatic carbocycles. The number of carboxylic acid groups (broad SMARTS) is 1. The van der Waals surface area contributed by atoms with Gasteiger partial charge in [-0.1, -0.05) is 5.21 Å². The van der Waals surface area contributed by atoms with Crippen LogP contribution in [0.1, 0.15) is 25.0 Å². The summed E-state index contributed by atoms with van der Waals surface area (Å²) in [5.41, 5.74) is -0.259. The van der Waals surface area contributed by atoms with Crippen molar-refractivity contribution in [3.8, 4) is 0 Å². The van der Waals surface area contributed by atoms with E-state index < -0.39 is 11.5 Å². The van der Waals surface area contributed by atoms with E-state index in [1.54, 1.807) is 6.20 Å². The Bertz CT molecular complexity index is 370. The fraction of sp³-hybridized carbons (Fsp3) is 0.667. The molecule has 0 spiro atoms. The van der Waals surface area contributed by atoms with Gasteiger partial charge in [-0.05, 0) is 19.3 Å². The van der Waals surface area contributed by atoms with Crippen LogP contribution >= 0.6 is 0 Å². The van der Waals surface area contributed by atoms with Gasteiger partial charge in [0.25, 0.3) is 0 Å². The van der Waals surface area contributed by atoms with Crippen molar-refractivity contribution < 1.29 is 15.0 Å². The zero-order chi connectivity index (χ0) is 10.9. The van der Waals surface area contributed by atoms with Gasteiger partial charge in [0.1, 0.15) is 0 Å². The van der Waals surface area contributed by atoms with Crippen LogP contribution in [0, 0.1) is 0 Å². The lowest BCUT2D eigenvalue weighted by Crippen LogP contribution is -2.48. The Morgan fingerprint density at radius 2 is 2.33 bits per heavy atom. The molecule has 0 amide bonds. The molecular formula is C9H13N3O3. The number of nitrogens with zero attached hydrogens (tertiary/aromatic N) is 3. The van der Waals surface area contributed by atoms with Gasteiger partial charge in [-0.3, -0.25) is 0 Å². The Morgan fingerprint density at radius 3 is 2.80 bits per heavy atom. The first-order valence-corrected chi connectivity index (χ1v) is 4.95. The summed E-state index contributed by atoms with van der Waals surface area (Å²) < 4.78 is 1.42. The maximum atomic E-state index is 11.1. The SMILES string of the molecule is O=C(O)C1(n2cc(CCO)nn2)CCC1. The predicted octanol–water partition coefficient (Wildman–Crippen LogP) is -0.223. The van der Waals surface area contributed by atoms with E-state index in [1.807, 2.05) is 0 Å². The molecule has 1 aromatic heterocycles. The van der Waals surface area contributed by atoms with Crippen LogP contribution in [0.25, 0.3) is 0 Å². The van der Waals surface area contributed by atoms with Crippen LogP contribution < -0.4 is 0 Å². The van der Waals surface area contributed by atoms with E-state index in [0.29, 0.717) is 25.0 Å². The molecule has 1 fully saturated rings. The Hall–Kier alpha value is -1.43. The van der Waals surface area contributed by atoms with Crippen molar-refractivity contribution in [1.82, 2.24) is 15.0 Å². The van der Waals surface area contributed by atoms with Crippen LogP contribution in [-0.2, 0) is 16.8 Å². The van der Waals surface area contributed by atoms with Crippen molar-refractivity contribution in [2.24, 2.45) is 0 Å². The fourth-order valence-electron chi connectivity index (χ4n) is 1.79. The third-order valence-corrected chi connectivity index (χ3v) is 2.93. The van der Waals surface area contributed by atoms with Gasteiger partial charge in [0.15, 0.2) is 5.54 Å². The average molecular weight is 211 g/mol. The molecular weight excluding hydrogens is 198 g/mol. The van der Waals surface area contributed by atoms with Crippen LogP contribution in [0.4, 0.5) is 0 Å². The number of hydrogen-bond donors (Lipinski definition) is 2. The monoisotopic (exact) mass is 211 g/mol. The first kappa shape index (κ1) is 10.1. The minimum absolute atomic E-state index is 0.00123. The number of rotatable bonds is 4. The molecule has 1 saturated carbocycles. The highest BCUT2D eigenvalue weighted by Gasteiger charge is 2.47. The summed E-state index contributed by atoms with van der Waals surface area (Å²) in [6.07, 6.45) is 4.13. The van der Waals surface area contributed by atoms with Gasteiger partial charge in [-0.25, -0.2) is 9.48 Å². The Labute approximate surface area is 86.5 Å². The molecule has 0 bridgehead atoms. The zero-order valence-corrected chi connectivity index (χ0v) is 8.26. The fourth-order valence-corrected chi connectivity index (χ4v) is 1.79. The molecule has 0 unspecified atom stereocenters. The Balaban J connectivity index is 2.23. The molecule has 0 aromatic carbocycles. The smallest absolute Gasteiger partial charge is 0.331 e. The van der Waals surface area contributed by atoms with E-state index in [4.69, 9.17) is 10.2 Å². The molecule has 2 N–H and O–H groups in total. The van der Waals surface area contributed by atoms with Crippen LogP contribution in [0.5, 0.6) is 0 Å². The van der Waals surface area contributed by atoms with Crippen molar-refractivity contribution in [2.75, 3.05) is 6.61 Å². The van der Waals surface area contributed by atoms with Crippen LogP contribution in [0.15, 0.2) is 6.20 Å². The van der Waals surface area contributed by atoms with Crippen molar-refractivity contribution >= 4 is 5.97 Å². The zero-order valence-electron chi connectivity index (χ0n) is 8.26. The minimum Gasteiger partial charge on any atom is -0.479 e. The standard InChI is InChI=1S/C9H13N3O3/c13-5-2-7-6-12(11-10-7)9(8(14)15)3-1-4-9/h6,13H,1-5H2,(H,14,15). The molecule has 2 rings (SSSR count). The second-order valence-electron chi connectivity index (χ2n) is 3.82. The second-order valence-corrected chi connectivity index (χ2v) is 3.82. The van der Waals surface area contributed by atoms with Crippen LogP contribution in [0.3, 0.4) is 0 Å². The Kier molecular flexibility index (Phi) is 2.44. The topological polar surface area (TPSA) is 88.2 Å². The van der Waals surface area contributed by atoms with Crippen molar-refractivity contribution in [3.63, 3.8) is 0 Å². The number of aromatic nitrogens is 3. The molecule has 6 nitrogen and oxygen atoms in total. The minimum atomic E-state index is -0.888. The molecule has 1 aliphatic rings. The predicted molar refractivity (Wildman–Crippen MR) is 50.3 cm³/mol. The summed E-state index contributed by atoms with van der Waals surface area (Å²) in [6.45, 7) is -0.00123. The van der Waals surface area contributed by atoms with Gasteiger partial charge < -0.3 is 10.2 Å². The Morgan fingerprint density at radius 1 is 1.60 bits per heavy atom. The lowest BCUT2D eigenvalue weighted by atomic mass is 9.77. The summed E-state index contributed by atoms with van der Waals surface area (Å²) in [6, 6.07) is 0. The van der Waals surface area contributed by atoms with Gasteiger partial charge in [0, 0.05) is 19.2 Å². The van der Waals surface area contributed by atoms with Gasteiger partial charge in [-0.15, -0.1) is 5.10 Å². The van der Waals surface area contributed by atoms with E-state index in [0.717, 1.165) is 6.42 Å². The normalized spacial score (nSPS) is 18.5. The van der Waals surface area contributed by atoms with Crippen LogP contribution in [0.2, 0.25) is 0 Å². The van der Waals surface area contributed by atoms with E-state index >= 15 is 0 Å². The third kappa shape index (κ3) is 1.50. The summed E-state index contributed by atoms with van der Waals surface area (Å²) >= 11 is 0. The first-order valence-electron chi connectivity index (χ1n) is 4.95. The van der Waals surface area contributed by atoms with Gasteiger partial charge in [-0.2, -0.15) is 0 Å². The number of aliphatic hydroxyl groups excluding tert-OH is 1. The number of carboxylic acids is 1. The number of hydrogen-bond acceptors (Lipinski definition) is 4. The van der Waals surface area contributed by atoms with Crippen molar-refractivity contribution in [1.29, 1.82) is 0 Å². The molecule has 6 heteroatoms. The van der Waals surface area contributed by atoms with E-state index in [-0.39, 0.29) is 6.61 Å². The second kappa shape index (κ2) is 3.62. The highest BCUT2D eigenvalue weighted by atomic mass is 16.4. The summed E-state index contributed by atoms with van der Waals surface area (Å²) in [5, 5.41) is 25.5. The number of aliphatic carboxylic acids is 1. The largest absolute Gasteiger partial charge is 0.479 e. The lowest BCUT2D eigenvalue weighted by molar-refractivity contribution is -0.153. The molecule has 0 aliphatic heterocycles. The highest BCUT2D eigenvalue weighted by molar-refractivity contribution is 5.77. The van der Waals surface area contributed by atoms with Gasteiger partial charge in [0.05, 0.1) is 5.69 Å².